The van der Waals surface area contributed by atoms with Gasteiger partial charge in [-0.1, -0.05) is 102 Å². The highest BCUT2D eigenvalue weighted by Crippen LogP contribution is 2.54. The largest absolute Gasteiger partial charge is 0.154 e. The molecule has 0 nitrogen and oxygen atoms in total. The molecule has 1 rings (SSSR count). The highest BCUT2D eigenvalue weighted by Gasteiger charge is 2.45. The van der Waals surface area contributed by atoms with Gasteiger partial charge in [-0.15, -0.1) is 0 Å². The molecule has 25 heavy (non-hydrogen) atoms. The molecule has 0 saturated carbocycles. The summed E-state index contributed by atoms with van der Waals surface area (Å²) in [6.45, 7) is 20.4. The first-order valence-electron chi connectivity index (χ1n) is 9.80. The first-order valence-corrected chi connectivity index (χ1v) is 9.80. The molecule has 0 aliphatic heterocycles. The highest BCUT2D eigenvalue weighted by molar-refractivity contribution is 6.44. The van der Waals surface area contributed by atoms with E-state index in [1.807, 2.05) is 6.92 Å². The summed E-state index contributed by atoms with van der Waals surface area (Å²) in [6.07, 6.45) is 20.1. The lowest BCUT2D eigenvalue weighted by molar-refractivity contribution is 0.0850. The van der Waals surface area contributed by atoms with Crippen LogP contribution in [0.1, 0.15) is 54.4 Å². The zero-order valence-corrected chi connectivity index (χ0v) is 17.5. The molecule has 2 atom stereocenters. The average molecular weight is 336 g/mol. The molecule has 0 bridgehead atoms. The Morgan fingerprint density at radius 1 is 1.24 bits per heavy atom. The third-order valence-corrected chi connectivity index (χ3v) is 6.29. The van der Waals surface area contributed by atoms with Crippen LogP contribution in [0.4, 0.5) is 0 Å². The normalized spacial score (nSPS) is 21.5. The number of hydrogen-bond acceptors (Lipinski definition) is 0. The van der Waals surface area contributed by atoms with Crippen molar-refractivity contribution in [1.82, 2.24) is 0 Å². The SMILES string of the molecule is C=C(/C=C\C=C/C)C1=CC(BC)=CCC1C(C)(C=CC)C(C)(C)CC. The molecule has 0 N–H and O–H groups in total. The van der Waals surface area contributed by atoms with Crippen molar-refractivity contribution in [3.8, 4) is 0 Å². The third kappa shape index (κ3) is 4.78. The summed E-state index contributed by atoms with van der Waals surface area (Å²) in [6, 6.07) is 0. The van der Waals surface area contributed by atoms with Crippen molar-refractivity contribution in [2.75, 3.05) is 0 Å². The Bertz CT molecular complexity index is 610. The molecule has 0 amide bonds. The van der Waals surface area contributed by atoms with Crippen LogP contribution in [0.2, 0.25) is 6.82 Å². The summed E-state index contributed by atoms with van der Waals surface area (Å²) >= 11 is 0. The van der Waals surface area contributed by atoms with Gasteiger partial charge in [0.1, 0.15) is 0 Å². The van der Waals surface area contributed by atoms with Gasteiger partial charge < -0.3 is 0 Å². The van der Waals surface area contributed by atoms with Crippen molar-refractivity contribution in [3.63, 3.8) is 0 Å². The van der Waals surface area contributed by atoms with Crippen LogP contribution in [-0.4, -0.2) is 7.28 Å². The summed E-state index contributed by atoms with van der Waals surface area (Å²) < 4.78 is 0. The van der Waals surface area contributed by atoms with E-state index >= 15 is 0 Å². The molecule has 0 spiro atoms. The van der Waals surface area contributed by atoms with E-state index in [2.05, 4.69) is 96.6 Å². The molecule has 1 aliphatic carbocycles. The fourth-order valence-corrected chi connectivity index (χ4v) is 3.81. The fourth-order valence-electron chi connectivity index (χ4n) is 3.81. The van der Waals surface area contributed by atoms with Gasteiger partial charge in [-0.2, -0.15) is 0 Å². The molecule has 0 radical (unpaired) electrons. The van der Waals surface area contributed by atoms with Gasteiger partial charge in [0, 0.05) is 0 Å². The van der Waals surface area contributed by atoms with Crippen LogP contribution < -0.4 is 0 Å². The Hall–Kier alpha value is -1.50. The first kappa shape index (κ1) is 21.5. The molecule has 1 heteroatoms. The van der Waals surface area contributed by atoms with Crippen molar-refractivity contribution < 1.29 is 0 Å². The maximum Gasteiger partial charge on any atom is 0.154 e. The van der Waals surface area contributed by atoms with Crippen LogP contribution in [0.15, 0.2) is 71.8 Å². The van der Waals surface area contributed by atoms with Crippen molar-refractivity contribution in [1.29, 1.82) is 0 Å². The average Bonchev–Trinajstić information content (AvgIpc) is 2.61. The Morgan fingerprint density at radius 2 is 1.92 bits per heavy atom. The van der Waals surface area contributed by atoms with Crippen LogP contribution in [0.5, 0.6) is 0 Å². The lowest BCUT2D eigenvalue weighted by Crippen LogP contribution is -2.41. The molecule has 0 saturated heterocycles. The summed E-state index contributed by atoms with van der Waals surface area (Å²) in [7, 11) is 1.08. The van der Waals surface area contributed by atoms with Gasteiger partial charge in [-0.25, -0.2) is 0 Å². The van der Waals surface area contributed by atoms with Gasteiger partial charge in [-0.05, 0) is 48.2 Å². The molecule has 2 unspecified atom stereocenters. The van der Waals surface area contributed by atoms with Gasteiger partial charge in [0.2, 0.25) is 0 Å². The van der Waals surface area contributed by atoms with Gasteiger partial charge in [0.05, 0.1) is 0 Å². The van der Waals surface area contributed by atoms with E-state index in [-0.39, 0.29) is 10.8 Å². The predicted molar refractivity (Wildman–Crippen MR) is 117 cm³/mol. The van der Waals surface area contributed by atoms with Crippen molar-refractivity contribution in [2.45, 2.75) is 61.2 Å². The van der Waals surface area contributed by atoms with Crippen LogP contribution >= 0.6 is 0 Å². The van der Waals surface area contributed by atoms with Gasteiger partial charge in [-0.3, -0.25) is 0 Å². The minimum atomic E-state index is 0.0927. The van der Waals surface area contributed by atoms with Gasteiger partial charge in [0.15, 0.2) is 7.28 Å². The molecule has 0 aromatic heterocycles. The quantitative estimate of drug-likeness (QED) is 0.254. The number of rotatable bonds is 8. The van der Waals surface area contributed by atoms with Crippen LogP contribution in [-0.2, 0) is 0 Å². The standard InChI is InChI=1S/C24H37B/c1-9-12-13-14-19(4)21-18-20(25-8)15-16-22(21)24(7,17-10-2)23(5,6)11-3/h9-10,12-15,17-18,22,25H,4,11,16H2,1-3,5-8H3/b12-9-,14-13-,17-10?. The maximum absolute atomic E-state index is 4.41. The fraction of sp³-hybridized carbons (Fsp3) is 0.500. The minimum Gasteiger partial charge on any atom is -0.0915 e. The van der Waals surface area contributed by atoms with E-state index in [0.29, 0.717) is 5.92 Å². The van der Waals surface area contributed by atoms with E-state index in [1.165, 1.54) is 11.0 Å². The summed E-state index contributed by atoms with van der Waals surface area (Å²) in [5.74, 6) is 0.455. The smallest absolute Gasteiger partial charge is 0.0915 e. The second-order valence-corrected chi connectivity index (χ2v) is 7.95. The zero-order chi connectivity index (χ0) is 19.1. The minimum absolute atomic E-state index is 0.0927. The molecular formula is C24H37B. The lowest BCUT2D eigenvalue weighted by atomic mass is 9.54. The Balaban J connectivity index is 3.41. The second kappa shape index (κ2) is 9.27. The van der Waals surface area contributed by atoms with Gasteiger partial charge >= 0.3 is 0 Å². The van der Waals surface area contributed by atoms with E-state index in [0.717, 1.165) is 25.7 Å². The number of hydrogen-bond donors (Lipinski definition) is 0. The lowest BCUT2D eigenvalue weighted by Gasteiger charge is -2.49. The molecule has 136 valence electrons. The molecule has 0 aromatic rings. The van der Waals surface area contributed by atoms with E-state index in [9.17, 15) is 0 Å². The monoisotopic (exact) mass is 336 g/mol. The van der Waals surface area contributed by atoms with Crippen molar-refractivity contribution in [2.24, 2.45) is 16.7 Å². The maximum atomic E-state index is 4.41. The van der Waals surface area contributed by atoms with E-state index in [1.54, 1.807) is 0 Å². The number of allylic oxidation sites excluding steroid dienone is 11. The molecule has 0 fully saturated rings. The Kier molecular flexibility index (Phi) is 7.99. The zero-order valence-electron chi connectivity index (χ0n) is 17.5. The Labute approximate surface area is 157 Å². The van der Waals surface area contributed by atoms with Crippen LogP contribution in [0.25, 0.3) is 0 Å². The molecule has 0 heterocycles. The first-order chi connectivity index (χ1) is 11.8. The van der Waals surface area contributed by atoms with Crippen molar-refractivity contribution >= 4 is 7.28 Å². The topological polar surface area (TPSA) is 0 Å². The van der Waals surface area contributed by atoms with Crippen LogP contribution in [0.3, 0.4) is 0 Å². The van der Waals surface area contributed by atoms with Gasteiger partial charge in [0.25, 0.3) is 0 Å². The van der Waals surface area contributed by atoms with E-state index in [4.69, 9.17) is 0 Å². The second-order valence-electron chi connectivity index (χ2n) is 7.95. The Morgan fingerprint density at radius 3 is 2.44 bits per heavy atom. The highest BCUT2D eigenvalue weighted by atomic mass is 14.5. The molecule has 0 aromatic carbocycles. The molecular weight excluding hydrogens is 299 g/mol. The molecule has 1 aliphatic rings. The summed E-state index contributed by atoms with van der Waals surface area (Å²) in [5.41, 5.74) is 4.29. The summed E-state index contributed by atoms with van der Waals surface area (Å²) in [4.78, 5) is 0. The summed E-state index contributed by atoms with van der Waals surface area (Å²) in [5, 5.41) is 0. The predicted octanol–water partition coefficient (Wildman–Crippen LogP) is 7.01. The van der Waals surface area contributed by atoms with Crippen molar-refractivity contribution in [3.05, 3.63) is 71.8 Å². The third-order valence-electron chi connectivity index (χ3n) is 6.29. The van der Waals surface area contributed by atoms with Crippen LogP contribution in [0, 0.1) is 16.7 Å². The van der Waals surface area contributed by atoms with E-state index < -0.39 is 0 Å².